The monoisotopic (exact) mass is 509 g/mol. The van der Waals surface area contributed by atoms with E-state index in [1.165, 1.54) is 24.3 Å². The van der Waals surface area contributed by atoms with E-state index in [0.717, 1.165) is 15.9 Å². The van der Waals surface area contributed by atoms with Crippen LogP contribution in [0.15, 0.2) is 115 Å². The zero-order chi connectivity index (χ0) is 25.5. The Hall–Kier alpha value is -4.37. The summed E-state index contributed by atoms with van der Waals surface area (Å²) in [5, 5.41) is 27.2. The highest BCUT2D eigenvalue weighted by Crippen LogP contribution is 2.46. The molecule has 6 nitrogen and oxygen atoms in total. The van der Waals surface area contributed by atoms with Crippen LogP contribution in [0.3, 0.4) is 0 Å². The Morgan fingerprint density at radius 3 is 1.56 bits per heavy atom. The first-order chi connectivity index (χ1) is 17.5. The lowest BCUT2D eigenvalue weighted by Crippen LogP contribution is -2.39. The lowest BCUT2D eigenvalue weighted by atomic mass is 10.2. The van der Waals surface area contributed by atoms with Gasteiger partial charge < -0.3 is 5.32 Å². The SMILES string of the molecule is N#CC(C(=S)NC(=O)c1ccc([N+](=O)[O-])cc1)=P(c1ccccc1)(c1ccccc1)c1ccccc1. The van der Waals surface area contributed by atoms with Crippen LogP contribution in [0.2, 0.25) is 0 Å². The summed E-state index contributed by atoms with van der Waals surface area (Å²) >= 11 is 5.69. The van der Waals surface area contributed by atoms with Crippen LogP contribution in [0.1, 0.15) is 10.4 Å². The van der Waals surface area contributed by atoms with Gasteiger partial charge in [0.05, 0.1) is 10.2 Å². The zero-order valence-corrected chi connectivity index (χ0v) is 20.7. The number of carbonyl (C=O) groups excluding carboxylic acids is 1. The van der Waals surface area contributed by atoms with E-state index in [2.05, 4.69) is 11.4 Å². The second kappa shape index (κ2) is 10.9. The van der Waals surface area contributed by atoms with E-state index in [4.69, 9.17) is 12.2 Å². The fraction of sp³-hybridized carbons (Fsp3) is 0. The maximum absolute atomic E-state index is 13.0. The van der Waals surface area contributed by atoms with Crippen molar-refractivity contribution >= 4 is 56.9 Å². The number of carbonyl (C=O) groups is 1. The van der Waals surface area contributed by atoms with Crippen LogP contribution in [0, 0.1) is 21.4 Å². The van der Waals surface area contributed by atoms with E-state index in [1.54, 1.807) is 0 Å². The van der Waals surface area contributed by atoms with Crippen LogP contribution < -0.4 is 21.2 Å². The summed E-state index contributed by atoms with van der Waals surface area (Å²) in [5.74, 6) is -0.546. The van der Waals surface area contributed by atoms with Gasteiger partial charge in [-0.15, -0.1) is 0 Å². The topological polar surface area (TPSA) is 96.0 Å². The summed E-state index contributed by atoms with van der Waals surface area (Å²) in [4.78, 5) is 23.4. The van der Waals surface area contributed by atoms with Gasteiger partial charge >= 0.3 is 0 Å². The van der Waals surface area contributed by atoms with Gasteiger partial charge in [-0.05, 0) is 34.9 Å². The number of nitro groups is 1. The number of nitrogens with zero attached hydrogens (tertiary/aromatic N) is 2. The molecule has 0 saturated heterocycles. The van der Waals surface area contributed by atoms with Crippen LogP contribution in [0.25, 0.3) is 0 Å². The van der Waals surface area contributed by atoms with E-state index in [1.807, 2.05) is 91.0 Å². The third-order valence-electron chi connectivity index (χ3n) is 5.65. The number of nitrogens with one attached hydrogen (secondary N) is 1. The van der Waals surface area contributed by atoms with Crippen molar-refractivity contribution < 1.29 is 9.72 Å². The predicted molar refractivity (Wildman–Crippen MR) is 149 cm³/mol. The van der Waals surface area contributed by atoms with Crippen LogP contribution in [0.5, 0.6) is 0 Å². The molecule has 36 heavy (non-hydrogen) atoms. The standard InChI is InChI=1S/C28H20N3O3PS/c29-20-26(28(36)30-27(32)21-16-18-22(19-17-21)31(33)34)35(23-10-4-1-5-11-23,24-12-6-2-7-13-24)25-14-8-3-9-15-25/h1-19H,(H,30,32,36). The predicted octanol–water partition coefficient (Wildman–Crippen LogP) is 4.34. The number of hydrogen-bond donors (Lipinski definition) is 1. The number of hydrogen-bond acceptors (Lipinski definition) is 5. The highest BCUT2D eigenvalue weighted by Gasteiger charge is 2.32. The van der Waals surface area contributed by atoms with Gasteiger partial charge in [-0.25, -0.2) is 0 Å². The van der Waals surface area contributed by atoms with Gasteiger partial charge in [0.2, 0.25) is 0 Å². The Labute approximate surface area is 214 Å². The maximum atomic E-state index is 13.0. The summed E-state index contributed by atoms with van der Waals surface area (Å²) in [6.07, 6.45) is 0. The number of nitriles is 1. The molecule has 4 rings (SSSR count). The number of thiocarbonyl (C=S) groups is 1. The van der Waals surface area contributed by atoms with Gasteiger partial charge in [-0.3, -0.25) is 14.9 Å². The summed E-state index contributed by atoms with van der Waals surface area (Å²) in [6.45, 7) is -2.78. The molecule has 0 heterocycles. The number of non-ortho nitro benzene ring substituents is 1. The van der Waals surface area contributed by atoms with Crippen molar-refractivity contribution in [2.75, 3.05) is 0 Å². The molecule has 0 saturated carbocycles. The highest BCUT2D eigenvalue weighted by molar-refractivity contribution is 7.99. The van der Waals surface area contributed by atoms with Gasteiger partial charge in [0, 0.05) is 17.7 Å². The van der Waals surface area contributed by atoms with Crippen molar-refractivity contribution in [3.8, 4) is 6.07 Å². The molecule has 0 aliphatic carbocycles. The molecule has 0 unspecified atom stereocenters. The van der Waals surface area contributed by atoms with Gasteiger partial charge in [0.1, 0.15) is 11.1 Å². The second-order valence-electron chi connectivity index (χ2n) is 7.73. The summed E-state index contributed by atoms with van der Waals surface area (Å²) in [5.41, 5.74) is 0.0730. The van der Waals surface area contributed by atoms with E-state index < -0.39 is 17.7 Å². The first-order valence-corrected chi connectivity index (χ1v) is 13.1. The highest BCUT2D eigenvalue weighted by atomic mass is 32.1. The first kappa shape index (κ1) is 24.7. The van der Waals surface area contributed by atoms with Gasteiger partial charge in [-0.2, -0.15) is 5.26 Å². The zero-order valence-electron chi connectivity index (χ0n) is 18.9. The average Bonchev–Trinajstić information content (AvgIpc) is 2.93. The molecular formula is C28H20N3O3PS. The van der Waals surface area contributed by atoms with E-state index in [9.17, 15) is 20.2 Å². The Kier molecular flexibility index (Phi) is 7.50. The van der Waals surface area contributed by atoms with E-state index in [-0.39, 0.29) is 21.5 Å². The third-order valence-corrected chi connectivity index (χ3v) is 10.3. The molecule has 4 aromatic carbocycles. The normalized spacial score (nSPS) is 10.6. The summed E-state index contributed by atoms with van der Waals surface area (Å²) < 4.78 is 0. The first-order valence-electron chi connectivity index (χ1n) is 10.9. The van der Waals surface area contributed by atoms with E-state index in [0.29, 0.717) is 0 Å². The lowest BCUT2D eigenvalue weighted by molar-refractivity contribution is -0.384. The molecule has 176 valence electrons. The van der Waals surface area contributed by atoms with Crippen LogP contribution in [-0.2, 0) is 0 Å². The third kappa shape index (κ3) is 4.73. The Bertz CT molecular complexity index is 1410. The Morgan fingerprint density at radius 1 is 0.778 bits per heavy atom. The molecule has 4 aromatic rings. The van der Waals surface area contributed by atoms with E-state index >= 15 is 0 Å². The molecule has 0 aliphatic rings. The number of benzene rings is 4. The van der Waals surface area contributed by atoms with Gasteiger partial charge in [-0.1, -0.05) is 103 Å². The Morgan fingerprint density at radius 2 is 1.19 bits per heavy atom. The number of amides is 1. The minimum atomic E-state index is -2.78. The van der Waals surface area contributed by atoms with Crippen molar-refractivity contribution in [2.24, 2.45) is 0 Å². The largest absolute Gasteiger partial charge is 0.312 e. The lowest BCUT2D eigenvalue weighted by Gasteiger charge is -2.30. The molecule has 1 N–H and O–H groups in total. The van der Waals surface area contributed by atoms with Crippen molar-refractivity contribution in [1.82, 2.24) is 5.32 Å². The minimum absolute atomic E-state index is 0.0192. The van der Waals surface area contributed by atoms with Gasteiger partial charge in [0.25, 0.3) is 11.6 Å². The number of nitro benzene ring substituents is 1. The molecule has 0 bridgehead atoms. The molecule has 1 amide bonds. The molecule has 8 heteroatoms. The fourth-order valence-electron chi connectivity index (χ4n) is 4.04. The number of rotatable bonds is 6. The van der Waals surface area contributed by atoms with Crippen molar-refractivity contribution in [2.45, 2.75) is 0 Å². The Balaban J connectivity index is 1.94. The molecule has 0 aliphatic heterocycles. The molecule has 0 atom stereocenters. The molecule has 0 fully saturated rings. The minimum Gasteiger partial charge on any atom is -0.312 e. The fourth-order valence-corrected chi connectivity index (χ4v) is 8.62. The van der Waals surface area contributed by atoms with Crippen LogP contribution >= 0.6 is 19.1 Å². The van der Waals surface area contributed by atoms with Crippen LogP contribution in [-0.4, -0.2) is 21.1 Å². The van der Waals surface area contributed by atoms with Crippen LogP contribution in [0.4, 0.5) is 5.69 Å². The van der Waals surface area contributed by atoms with Crippen molar-refractivity contribution in [1.29, 1.82) is 5.26 Å². The average molecular weight is 510 g/mol. The molecule has 0 spiro atoms. The second-order valence-corrected chi connectivity index (χ2v) is 11.5. The summed E-state index contributed by atoms with van der Waals surface area (Å²) in [6, 6.07) is 36.7. The quantitative estimate of drug-likeness (QED) is 0.181. The molecule has 0 aromatic heterocycles. The van der Waals surface area contributed by atoms with Crippen molar-refractivity contribution in [3.63, 3.8) is 0 Å². The smallest absolute Gasteiger partial charge is 0.269 e. The van der Waals surface area contributed by atoms with Crippen molar-refractivity contribution in [3.05, 3.63) is 131 Å². The maximum Gasteiger partial charge on any atom is 0.269 e. The molecule has 0 radical (unpaired) electrons. The molecular weight excluding hydrogens is 489 g/mol. The van der Waals surface area contributed by atoms with Gasteiger partial charge in [0.15, 0.2) is 0 Å². The summed E-state index contributed by atoms with van der Waals surface area (Å²) in [7, 11) is 0.